The average molecular weight is 284 g/mol. The number of rotatable bonds is 8. The highest BCUT2D eigenvalue weighted by Gasteiger charge is 2.25. The Morgan fingerprint density at radius 1 is 1.21 bits per heavy atom. The zero-order valence-electron chi connectivity index (χ0n) is 11.6. The fraction of sp³-hybridized carbons (Fsp3) is 0.769. The lowest BCUT2D eigenvalue weighted by Gasteiger charge is -2.16. The minimum absolute atomic E-state index is 0.234. The second-order valence-corrected chi connectivity index (χ2v) is 5.45. The molecule has 0 saturated heterocycles. The third-order valence-corrected chi connectivity index (χ3v) is 3.45. The first-order chi connectivity index (χ1) is 9.21. The van der Waals surface area contributed by atoms with E-state index in [1.54, 1.807) is 0 Å². The molecule has 2 rings (SSSR count). The Morgan fingerprint density at radius 2 is 1.95 bits per heavy atom. The van der Waals surface area contributed by atoms with E-state index in [-0.39, 0.29) is 5.28 Å². The first-order valence-corrected chi connectivity index (χ1v) is 7.51. The quantitative estimate of drug-likeness (QED) is 0.766. The van der Waals surface area contributed by atoms with Crippen molar-refractivity contribution in [3.63, 3.8) is 0 Å². The maximum atomic E-state index is 5.93. The molecule has 1 saturated carbocycles. The number of halogens is 1. The highest BCUT2D eigenvalue weighted by molar-refractivity contribution is 6.28. The molecule has 1 heterocycles. The molecule has 1 atom stereocenters. The van der Waals surface area contributed by atoms with Gasteiger partial charge in [0.2, 0.25) is 17.2 Å². The summed E-state index contributed by atoms with van der Waals surface area (Å²) in [5.74, 6) is 2.00. The van der Waals surface area contributed by atoms with Gasteiger partial charge in [-0.25, -0.2) is 0 Å². The molecule has 0 aliphatic heterocycles. The van der Waals surface area contributed by atoms with E-state index in [0.29, 0.717) is 17.9 Å². The van der Waals surface area contributed by atoms with Crippen LogP contribution in [-0.4, -0.2) is 27.5 Å². The van der Waals surface area contributed by atoms with E-state index in [1.807, 2.05) is 0 Å². The molecule has 1 aliphatic rings. The fourth-order valence-corrected chi connectivity index (χ4v) is 2.16. The lowest BCUT2D eigenvalue weighted by Crippen LogP contribution is -2.21. The summed E-state index contributed by atoms with van der Waals surface area (Å²) in [7, 11) is 0. The molecule has 0 bridgehead atoms. The van der Waals surface area contributed by atoms with Gasteiger partial charge in [-0.1, -0.05) is 26.7 Å². The fourth-order valence-electron chi connectivity index (χ4n) is 2.00. The van der Waals surface area contributed by atoms with Crippen LogP contribution in [0.1, 0.15) is 46.0 Å². The molecule has 1 aromatic rings. The van der Waals surface area contributed by atoms with Gasteiger partial charge < -0.3 is 10.6 Å². The summed E-state index contributed by atoms with van der Waals surface area (Å²) in [5, 5.41) is 6.74. The summed E-state index contributed by atoms with van der Waals surface area (Å²) < 4.78 is 0. The Hall–Kier alpha value is -1.10. The first kappa shape index (κ1) is 14.3. The molecular formula is C13H22ClN5. The van der Waals surface area contributed by atoms with Crippen LogP contribution in [0.4, 0.5) is 11.9 Å². The minimum atomic E-state index is 0.234. The maximum absolute atomic E-state index is 5.93. The van der Waals surface area contributed by atoms with Crippen LogP contribution in [0.5, 0.6) is 0 Å². The van der Waals surface area contributed by atoms with Crippen LogP contribution in [0.3, 0.4) is 0 Å². The number of hydrogen-bond acceptors (Lipinski definition) is 5. The summed E-state index contributed by atoms with van der Waals surface area (Å²) in [6.45, 7) is 5.11. The van der Waals surface area contributed by atoms with E-state index < -0.39 is 0 Å². The van der Waals surface area contributed by atoms with Gasteiger partial charge in [-0.2, -0.15) is 15.0 Å². The molecule has 0 spiro atoms. The van der Waals surface area contributed by atoms with E-state index >= 15 is 0 Å². The van der Waals surface area contributed by atoms with Crippen molar-refractivity contribution < 1.29 is 0 Å². The van der Waals surface area contributed by atoms with Crippen LogP contribution < -0.4 is 10.6 Å². The van der Waals surface area contributed by atoms with Gasteiger partial charge in [-0.15, -0.1) is 0 Å². The largest absolute Gasteiger partial charge is 0.354 e. The smallest absolute Gasteiger partial charge is 0.229 e. The van der Waals surface area contributed by atoms with Crippen LogP contribution >= 0.6 is 11.6 Å². The molecule has 0 aromatic carbocycles. The van der Waals surface area contributed by atoms with E-state index in [2.05, 4.69) is 39.4 Å². The predicted molar refractivity (Wildman–Crippen MR) is 78.7 cm³/mol. The Bertz CT molecular complexity index is 408. The number of nitrogens with one attached hydrogen (secondary N) is 2. The van der Waals surface area contributed by atoms with Crippen LogP contribution in [0.25, 0.3) is 0 Å². The van der Waals surface area contributed by atoms with Gasteiger partial charge in [-0.05, 0) is 36.8 Å². The molecule has 6 heteroatoms. The van der Waals surface area contributed by atoms with Crippen LogP contribution in [0, 0.1) is 5.92 Å². The summed E-state index contributed by atoms with van der Waals surface area (Å²) >= 11 is 5.93. The van der Waals surface area contributed by atoms with Gasteiger partial charge in [0.25, 0.3) is 0 Å². The summed E-state index contributed by atoms with van der Waals surface area (Å²) in [6.07, 6.45) is 6.00. The standard InChI is InChI=1S/C13H22ClN5/c1-3-7-15-12-17-11(14)18-13(19-12)16-10(4-2)8-9-5-6-9/h9-10H,3-8H2,1-2H3,(H2,15,16,17,18,19). The zero-order chi connectivity index (χ0) is 13.7. The zero-order valence-corrected chi connectivity index (χ0v) is 12.4. The SMILES string of the molecule is CCCNc1nc(Cl)nc(NC(CC)CC2CC2)n1. The molecule has 1 fully saturated rings. The first-order valence-electron chi connectivity index (χ1n) is 7.13. The van der Waals surface area contributed by atoms with Gasteiger partial charge >= 0.3 is 0 Å². The Morgan fingerprint density at radius 3 is 2.58 bits per heavy atom. The molecule has 2 N–H and O–H groups in total. The monoisotopic (exact) mass is 283 g/mol. The Kier molecular flexibility index (Phi) is 5.19. The van der Waals surface area contributed by atoms with E-state index in [0.717, 1.165) is 25.3 Å². The van der Waals surface area contributed by atoms with Crippen molar-refractivity contribution in [2.75, 3.05) is 17.2 Å². The van der Waals surface area contributed by atoms with Crippen molar-refractivity contribution in [3.8, 4) is 0 Å². The van der Waals surface area contributed by atoms with Gasteiger partial charge in [0, 0.05) is 12.6 Å². The summed E-state index contributed by atoms with van der Waals surface area (Å²) in [4.78, 5) is 12.6. The molecule has 106 valence electrons. The summed E-state index contributed by atoms with van der Waals surface area (Å²) in [5.41, 5.74) is 0. The molecule has 1 aliphatic carbocycles. The summed E-state index contributed by atoms with van der Waals surface area (Å²) in [6, 6.07) is 0.421. The van der Waals surface area contributed by atoms with E-state index in [4.69, 9.17) is 11.6 Å². The Balaban J connectivity index is 1.98. The van der Waals surface area contributed by atoms with Crippen LogP contribution in [-0.2, 0) is 0 Å². The minimum Gasteiger partial charge on any atom is -0.354 e. The van der Waals surface area contributed by atoms with Crippen molar-refractivity contribution in [2.24, 2.45) is 5.92 Å². The Labute approximate surface area is 119 Å². The van der Waals surface area contributed by atoms with Crippen molar-refractivity contribution in [2.45, 2.75) is 52.0 Å². The predicted octanol–water partition coefficient (Wildman–Crippen LogP) is 3.34. The average Bonchev–Trinajstić information content (AvgIpc) is 3.19. The van der Waals surface area contributed by atoms with Gasteiger partial charge in [0.1, 0.15) is 0 Å². The van der Waals surface area contributed by atoms with Crippen molar-refractivity contribution in [3.05, 3.63) is 5.28 Å². The van der Waals surface area contributed by atoms with Crippen molar-refractivity contribution in [1.29, 1.82) is 0 Å². The van der Waals surface area contributed by atoms with Gasteiger partial charge in [0.05, 0.1) is 0 Å². The molecule has 19 heavy (non-hydrogen) atoms. The molecule has 1 unspecified atom stereocenters. The van der Waals surface area contributed by atoms with Gasteiger partial charge in [-0.3, -0.25) is 0 Å². The third-order valence-electron chi connectivity index (χ3n) is 3.28. The van der Waals surface area contributed by atoms with Crippen LogP contribution in [0.2, 0.25) is 5.28 Å². The van der Waals surface area contributed by atoms with E-state index in [9.17, 15) is 0 Å². The second kappa shape index (κ2) is 6.89. The topological polar surface area (TPSA) is 62.7 Å². The molecule has 1 aromatic heterocycles. The highest BCUT2D eigenvalue weighted by Crippen LogP contribution is 2.34. The van der Waals surface area contributed by atoms with Crippen molar-refractivity contribution in [1.82, 2.24) is 15.0 Å². The lowest BCUT2D eigenvalue weighted by molar-refractivity contribution is 0.582. The number of aromatic nitrogens is 3. The normalized spacial score (nSPS) is 16.2. The van der Waals surface area contributed by atoms with Crippen LogP contribution in [0.15, 0.2) is 0 Å². The molecular weight excluding hydrogens is 262 g/mol. The van der Waals surface area contributed by atoms with E-state index in [1.165, 1.54) is 19.3 Å². The van der Waals surface area contributed by atoms with Gasteiger partial charge in [0.15, 0.2) is 0 Å². The number of hydrogen-bond donors (Lipinski definition) is 2. The maximum Gasteiger partial charge on any atom is 0.229 e. The molecule has 0 amide bonds. The second-order valence-electron chi connectivity index (χ2n) is 5.11. The number of nitrogens with zero attached hydrogens (tertiary/aromatic N) is 3. The molecule has 5 nitrogen and oxygen atoms in total. The molecule has 0 radical (unpaired) electrons. The highest BCUT2D eigenvalue weighted by atomic mass is 35.5. The lowest BCUT2D eigenvalue weighted by atomic mass is 10.1. The van der Waals surface area contributed by atoms with Crippen molar-refractivity contribution >= 4 is 23.5 Å². The number of anilines is 2. The third kappa shape index (κ3) is 4.82.